The van der Waals surface area contributed by atoms with Crippen molar-refractivity contribution in [1.82, 2.24) is 0 Å². The van der Waals surface area contributed by atoms with Gasteiger partial charge >= 0.3 is 0 Å². The summed E-state index contributed by atoms with van der Waals surface area (Å²) in [4.78, 5) is 12.6. The lowest BCUT2D eigenvalue weighted by Gasteiger charge is -2.22. The van der Waals surface area contributed by atoms with Gasteiger partial charge in [0.25, 0.3) is 0 Å². The molecule has 0 spiro atoms. The van der Waals surface area contributed by atoms with Crippen molar-refractivity contribution in [3.63, 3.8) is 0 Å². The molecule has 0 saturated heterocycles. The molecule has 144 valence electrons. The molecular weight excluding hydrogens is 368 g/mol. The minimum absolute atomic E-state index is 0.0874. The number of benzene rings is 2. The normalized spacial score (nSPS) is 12.7. The molecule has 2 aromatic rings. The van der Waals surface area contributed by atoms with Crippen LogP contribution in [0.3, 0.4) is 0 Å². The molecule has 2 aromatic carbocycles. The van der Waals surface area contributed by atoms with Crippen LogP contribution < -0.4 is 19.1 Å². The summed E-state index contributed by atoms with van der Waals surface area (Å²) < 4.78 is 36.1. The molecule has 0 unspecified atom stereocenters. The Morgan fingerprint density at radius 1 is 1.07 bits per heavy atom. The molecule has 0 radical (unpaired) electrons. The monoisotopic (exact) mass is 390 g/mol. The molecule has 0 atom stereocenters. The zero-order chi connectivity index (χ0) is 19.8. The molecule has 0 bridgehead atoms. The molecule has 1 aliphatic heterocycles. The van der Waals surface area contributed by atoms with E-state index in [-0.39, 0.29) is 13.3 Å². The Balaban J connectivity index is 1.85. The number of carbonyl (C=O) groups excluding carboxylic acids is 1. The molecule has 0 aromatic heterocycles. The minimum atomic E-state index is -3.67. The fraction of sp³-hybridized carbons (Fsp3) is 0.316. The van der Waals surface area contributed by atoms with Gasteiger partial charge in [-0.25, -0.2) is 8.42 Å². The summed E-state index contributed by atoms with van der Waals surface area (Å²) in [6.07, 6.45) is 1.06. The van der Waals surface area contributed by atoms with E-state index >= 15 is 0 Å². The number of nitrogens with zero attached hydrogens (tertiary/aromatic N) is 1. The summed E-state index contributed by atoms with van der Waals surface area (Å²) >= 11 is 0. The number of amides is 1. The Morgan fingerprint density at radius 2 is 1.70 bits per heavy atom. The van der Waals surface area contributed by atoms with Gasteiger partial charge in [-0.2, -0.15) is 0 Å². The molecule has 1 aliphatic rings. The highest BCUT2D eigenvalue weighted by molar-refractivity contribution is 7.92. The van der Waals surface area contributed by atoms with Crippen molar-refractivity contribution in [2.75, 3.05) is 29.2 Å². The van der Waals surface area contributed by atoms with Crippen molar-refractivity contribution in [2.24, 2.45) is 0 Å². The number of hydrogen-bond acceptors (Lipinski definition) is 5. The largest absolute Gasteiger partial charge is 0.454 e. The average Bonchev–Trinajstić information content (AvgIpc) is 3.02. The minimum Gasteiger partial charge on any atom is -0.454 e. The SMILES string of the molecule is Cc1cc(C)c(NC(=O)CN(c2ccc3c(c2)OCO3)S(C)(=O)=O)c(C)c1. The van der Waals surface area contributed by atoms with Crippen LogP contribution in [-0.2, 0) is 14.8 Å². The van der Waals surface area contributed by atoms with E-state index in [9.17, 15) is 13.2 Å². The Bertz CT molecular complexity index is 978. The Kier molecular flexibility index (Phi) is 5.01. The molecule has 7 nitrogen and oxygen atoms in total. The summed E-state index contributed by atoms with van der Waals surface area (Å²) in [6.45, 7) is 5.54. The lowest BCUT2D eigenvalue weighted by molar-refractivity contribution is -0.114. The van der Waals surface area contributed by atoms with Gasteiger partial charge in [-0.05, 0) is 44.0 Å². The number of sulfonamides is 1. The molecule has 8 heteroatoms. The van der Waals surface area contributed by atoms with Gasteiger partial charge in [0.15, 0.2) is 11.5 Å². The van der Waals surface area contributed by atoms with E-state index in [1.54, 1.807) is 18.2 Å². The number of rotatable bonds is 5. The van der Waals surface area contributed by atoms with E-state index in [1.807, 2.05) is 32.9 Å². The second-order valence-electron chi connectivity index (χ2n) is 6.63. The van der Waals surface area contributed by atoms with Crippen LogP contribution in [0.15, 0.2) is 30.3 Å². The molecule has 27 heavy (non-hydrogen) atoms. The standard InChI is InChI=1S/C19H22N2O5S/c1-12-7-13(2)19(14(3)8-12)20-18(22)10-21(27(4,23)24)15-5-6-16-17(9-15)26-11-25-16/h5-9H,10-11H2,1-4H3,(H,20,22). The predicted octanol–water partition coefficient (Wildman–Crippen LogP) is 2.75. The molecule has 0 aliphatic carbocycles. The second kappa shape index (κ2) is 7.11. The quantitative estimate of drug-likeness (QED) is 0.849. The van der Waals surface area contributed by atoms with Gasteiger partial charge < -0.3 is 14.8 Å². The van der Waals surface area contributed by atoms with Crippen molar-refractivity contribution >= 4 is 27.3 Å². The molecule has 0 saturated carbocycles. The number of nitrogens with one attached hydrogen (secondary N) is 1. The van der Waals surface area contributed by atoms with Crippen molar-refractivity contribution < 1.29 is 22.7 Å². The van der Waals surface area contributed by atoms with Crippen LogP contribution in [0.4, 0.5) is 11.4 Å². The third kappa shape index (κ3) is 4.16. The molecule has 0 fully saturated rings. The van der Waals surface area contributed by atoms with Crippen LogP contribution in [0.5, 0.6) is 11.5 Å². The molecule has 1 N–H and O–H groups in total. The van der Waals surface area contributed by atoms with Crippen LogP contribution in [0.1, 0.15) is 16.7 Å². The van der Waals surface area contributed by atoms with Crippen LogP contribution in [-0.4, -0.2) is 33.9 Å². The fourth-order valence-electron chi connectivity index (χ4n) is 3.13. The molecule has 1 heterocycles. The lowest BCUT2D eigenvalue weighted by atomic mass is 10.1. The highest BCUT2D eigenvalue weighted by Crippen LogP contribution is 2.36. The first-order chi connectivity index (χ1) is 12.6. The van der Waals surface area contributed by atoms with Gasteiger partial charge in [-0.1, -0.05) is 17.7 Å². The van der Waals surface area contributed by atoms with Gasteiger partial charge in [0, 0.05) is 11.8 Å². The lowest BCUT2D eigenvalue weighted by Crippen LogP contribution is -2.37. The maximum absolute atomic E-state index is 12.6. The summed E-state index contributed by atoms with van der Waals surface area (Å²) in [6, 6.07) is 8.70. The van der Waals surface area contributed by atoms with E-state index < -0.39 is 15.9 Å². The zero-order valence-corrected chi connectivity index (χ0v) is 16.5. The van der Waals surface area contributed by atoms with E-state index in [0.717, 1.165) is 27.3 Å². The maximum Gasteiger partial charge on any atom is 0.245 e. The number of anilines is 2. The van der Waals surface area contributed by atoms with Gasteiger partial charge in [0.05, 0.1) is 11.9 Å². The Hall–Kier alpha value is -2.74. The Morgan fingerprint density at radius 3 is 2.33 bits per heavy atom. The van der Waals surface area contributed by atoms with Crippen molar-refractivity contribution in [1.29, 1.82) is 0 Å². The van der Waals surface area contributed by atoms with Crippen molar-refractivity contribution in [3.05, 3.63) is 47.0 Å². The van der Waals surface area contributed by atoms with Crippen molar-refractivity contribution in [2.45, 2.75) is 20.8 Å². The number of hydrogen-bond donors (Lipinski definition) is 1. The number of ether oxygens (including phenoxy) is 2. The molecule has 3 rings (SSSR count). The van der Waals surface area contributed by atoms with E-state index in [0.29, 0.717) is 22.9 Å². The van der Waals surface area contributed by atoms with Gasteiger partial charge in [0.2, 0.25) is 22.7 Å². The fourth-order valence-corrected chi connectivity index (χ4v) is 3.98. The van der Waals surface area contributed by atoms with Crippen LogP contribution in [0.2, 0.25) is 0 Å². The van der Waals surface area contributed by atoms with Gasteiger partial charge in [-0.15, -0.1) is 0 Å². The van der Waals surface area contributed by atoms with Gasteiger partial charge in [-0.3, -0.25) is 9.10 Å². The first-order valence-electron chi connectivity index (χ1n) is 8.40. The summed E-state index contributed by atoms with van der Waals surface area (Å²) in [5.74, 6) is 0.572. The van der Waals surface area contributed by atoms with Gasteiger partial charge in [0.1, 0.15) is 6.54 Å². The number of fused-ring (bicyclic) bond motifs is 1. The van der Waals surface area contributed by atoms with E-state index in [4.69, 9.17) is 9.47 Å². The third-order valence-electron chi connectivity index (χ3n) is 4.27. The maximum atomic E-state index is 12.6. The number of aryl methyl sites for hydroxylation is 3. The van der Waals surface area contributed by atoms with E-state index in [1.165, 1.54) is 0 Å². The first kappa shape index (κ1) is 19.0. The molecular formula is C19H22N2O5S. The Labute approximate surface area is 158 Å². The second-order valence-corrected chi connectivity index (χ2v) is 8.54. The van der Waals surface area contributed by atoms with Crippen LogP contribution in [0, 0.1) is 20.8 Å². The highest BCUT2D eigenvalue weighted by Gasteiger charge is 2.24. The van der Waals surface area contributed by atoms with Crippen LogP contribution >= 0.6 is 0 Å². The van der Waals surface area contributed by atoms with Crippen molar-refractivity contribution in [3.8, 4) is 11.5 Å². The molecule has 1 amide bonds. The average molecular weight is 390 g/mol. The summed E-state index contributed by atoms with van der Waals surface area (Å²) in [7, 11) is -3.67. The summed E-state index contributed by atoms with van der Waals surface area (Å²) in [5.41, 5.74) is 3.99. The van der Waals surface area contributed by atoms with E-state index in [2.05, 4.69) is 5.32 Å². The smallest absolute Gasteiger partial charge is 0.245 e. The first-order valence-corrected chi connectivity index (χ1v) is 10.2. The highest BCUT2D eigenvalue weighted by atomic mass is 32.2. The summed E-state index contributed by atoms with van der Waals surface area (Å²) in [5, 5.41) is 2.83. The number of carbonyl (C=O) groups is 1. The predicted molar refractivity (Wildman–Crippen MR) is 104 cm³/mol. The topological polar surface area (TPSA) is 84.9 Å². The van der Waals surface area contributed by atoms with Crippen LogP contribution in [0.25, 0.3) is 0 Å². The zero-order valence-electron chi connectivity index (χ0n) is 15.7. The third-order valence-corrected chi connectivity index (χ3v) is 5.41.